The molecule has 2 N–H and O–H groups in total. The fraction of sp³-hybridized carbons (Fsp3) is 0.333. The van der Waals surface area contributed by atoms with Crippen LogP contribution in [-0.4, -0.2) is 38.6 Å². The van der Waals surface area contributed by atoms with Crippen molar-refractivity contribution in [2.75, 3.05) is 20.8 Å². The zero-order valence-corrected chi connectivity index (χ0v) is 16.0. The maximum absolute atomic E-state index is 12.2. The SMILES string of the molecule is COc1ccc(C(=O)NCC(=O)NC(C)CCc2ccccc2)cc1OC. The molecule has 2 amide bonds. The van der Waals surface area contributed by atoms with Crippen LogP contribution in [0.3, 0.4) is 0 Å². The average molecular weight is 370 g/mol. The van der Waals surface area contributed by atoms with Crippen molar-refractivity contribution in [1.29, 1.82) is 0 Å². The Bertz CT molecular complexity index is 762. The number of methoxy groups -OCH3 is 2. The maximum atomic E-state index is 12.2. The van der Waals surface area contributed by atoms with Crippen molar-refractivity contribution in [1.82, 2.24) is 10.6 Å². The Morgan fingerprint density at radius 3 is 2.37 bits per heavy atom. The van der Waals surface area contributed by atoms with Crippen LogP contribution in [0.4, 0.5) is 0 Å². The lowest BCUT2D eigenvalue weighted by Gasteiger charge is -2.14. The zero-order valence-electron chi connectivity index (χ0n) is 16.0. The van der Waals surface area contributed by atoms with Gasteiger partial charge in [0.05, 0.1) is 20.8 Å². The Balaban J connectivity index is 1.78. The van der Waals surface area contributed by atoms with Gasteiger partial charge in [0.1, 0.15) is 0 Å². The molecule has 0 aliphatic carbocycles. The third kappa shape index (κ3) is 6.33. The van der Waals surface area contributed by atoms with E-state index in [2.05, 4.69) is 22.8 Å². The molecule has 0 spiro atoms. The van der Waals surface area contributed by atoms with E-state index in [1.54, 1.807) is 18.2 Å². The number of carbonyl (C=O) groups is 2. The van der Waals surface area contributed by atoms with Crippen LogP contribution in [0.15, 0.2) is 48.5 Å². The highest BCUT2D eigenvalue weighted by molar-refractivity contribution is 5.97. The first-order chi connectivity index (χ1) is 13.0. The highest BCUT2D eigenvalue weighted by Crippen LogP contribution is 2.27. The van der Waals surface area contributed by atoms with Gasteiger partial charge in [-0.05, 0) is 43.5 Å². The molecule has 144 valence electrons. The molecule has 1 unspecified atom stereocenters. The molecular formula is C21H26N2O4. The van der Waals surface area contributed by atoms with Crippen LogP contribution < -0.4 is 20.1 Å². The Kier molecular flexibility index (Phi) is 7.67. The molecule has 6 nitrogen and oxygen atoms in total. The molecule has 6 heteroatoms. The van der Waals surface area contributed by atoms with Gasteiger partial charge in [0.15, 0.2) is 11.5 Å². The smallest absolute Gasteiger partial charge is 0.251 e. The number of nitrogens with one attached hydrogen (secondary N) is 2. The normalized spacial score (nSPS) is 11.4. The summed E-state index contributed by atoms with van der Waals surface area (Å²) in [6.07, 6.45) is 1.72. The van der Waals surface area contributed by atoms with E-state index in [1.165, 1.54) is 19.8 Å². The summed E-state index contributed by atoms with van der Waals surface area (Å²) >= 11 is 0. The van der Waals surface area contributed by atoms with E-state index in [0.29, 0.717) is 17.1 Å². The van der Waals surface area contributed by atoms with Crippen molar-refractivity contribution in [3.63, 3.8) is 0 Å². The third-order valence-electron chi connectivity index (χ3n) is 4.17. The summed E-state index contributed by atoms with van der Waals surface area (Å²) in [6.45, 7) is 1.87. The molecule has 0 fully saturated rings. The molecular weight excluding hydrogens is 344 g/mol. The van der Waals surface area contributed by atoms with Crippen molar-refractivity contribution < 1.29 is 19.1 Å². The van der Waals surface area contributed by atoms with Gasteiger partial charge in [0.25, 0.3) is 5.91 Å². The lowest BCUT2D eigenvalue weighted by Crippen LogP contribution is -2.41. The monoisotopic (exact) mass is 370 g/mol. The molecule has 2 rings (SSSR count). The quantitative estimate of drug-likeness (QED) is 0.711. The van der Waals surface area contributed by atoms with Gasteiger partial charge in [-0.2, -0.15) is 0 Å². The van der Waals surface area contributed by atoms with Gasteiger partial charge in [0, 0.05) is 11.6 Å². The van der Waals surface area contributed by atoms with E-state index in [1.807, 2.05) is 25.1 Å². The summed E-state index contributed by atoms with van der Waals surface area (Å²) in [5.41, 5.74) is 1.64. The number of hydrogen-bond donors (Lipinski definition) is 2. The maximum Gasteiger partial charge on any atom is 0.251 e. The van der Waals surface area contributed by atoms with Gasteiger partial charge < -0.3 is 20.1 Å². The van der Waals surface area contributed by atoms with Crippen LogP contribution in [0.5, 0.6) is 11.5 Å². The number of carbonyl (C=O) groups excluding carboxylic acids is 2. The molecule has 2 aromatic carbocycles. The summed E-state index contributed by atoms with van der Waals surface area (Å²) in [5.74, 6) is 0.440. The molecule has 0 radical (unpaired) electrons. The lowest BCUT2D eigenvalue weighted by atomic mass is 10.1. The number of hydrogen-bond acceptors (Lipinski definition) is 4. The van der Waals surface area contributed by atoms with E-state index in [0.717, 1.165) is 12.8 Å². The second kappa shape index (κ2) is 10.2. The van der Waals surface area contributed by atoms with Crippen LogP contribution in [0.2, 0.25) is 0 Å². The van der Waals surface area contributed by atoms with Crippen molar-refractivity contribution in [2.24, 2.45) is 0 Å². The summed E-state index contributed by atoms with van der Waals surface area (Å²) in [5, 5.41) is 5.52. The van der Waals surface area contributed by atoms with Gasteiger partial charge in [-0.1, -0.05) is 30.3 Å². The van der Waals surface area contributed by atoms with Crippen molar-refractivity contribution >= 4 is 11.8 Å². The van der Waals surface area contributed by atoms with Gasteiger partial charge in [-0.3, -0.25) is 9.59 Å². The molecule has 27 heavy (non-hydrogen) atoms. The molecule has 0 heterocycles. The molecule has 0 aliphatic heterocycles. The Labute approximate surface area is 159 Å². The van der Waals surface area contributed by atoms with E-state index in [4.69, 9.17) is 9.47 Å². The van der Waals surface area contributed by atoms with E-state index in [-0.39, 0.29) is 24.4 Å². The van der Waals surface area contributed by atoms with E-state index >= 15 is 0 Å². The minimum absolute atomic E-state index is 0.0238. The molecule has 0 bridgehead atoms. The fourth-order valence-electron chi connectivity index (χ4n) is 2.67. The van der Waals surface area contributed by atoms with Crippen molar-refractivity contribution in [2.45, 2.75) is 25.8 Å². The Morgan fingerprint density at radius 2 is 1.70 bits per heavy atom. The van der Waals surface area contributed by atoms with Gasteiger partial charge in [-0.15, -0.1) is 0 Å². The first-order valence-electron chi connectivity index (χ1n) is 8.87. The standard InChI is InChI=1S/C21H26N2O4/c1-15(9-10-16-7-5-4-6-8-16)23-20(24)14-22-21(25)17-11-12-18(26-2)19(13-17)27-3/h4-8,11-13,15H,9-10,14H2,1-3H3,(H,22,25)(H,23,24). The number of rotatable bonds is 9. The van der Waals surface area contributed by atoms with Crippen LogP contribution in [-0.2, 0) is 11.2 Å². The van der Waals surface area contributed by atoms with Gasteiger partial charge >= 0.3 is 0 Å². The van der Waals surface area contributed by atoms with E-state index in [9.17, 15) is 9.59 Å². The van der Waals surface area contributed by atoms with Gasteiger partial charge in [0.2, 0.25) is 5.91 Å². The largest absolute Gasteiger partial charge is 0.493 e. The van der Waals surface area contributed by atoms with E-state index < -0.39 is 0 Å². The Hall–Kier alpha value is -3.02. The second-order valence-electron chi connectivity index (χ2n) is 6.25. The minimum atomic E-state index is -0.344. The Morgan fingerprint density at radius 1 is 1.00 bits per heavy atom. The molecule has 0 aliphatic rings. The number of benzene rings is 2. The minimum Gasteiger partial charge on any atom is -0.493 e. The average Bonchev–Trinajstić information content (AvgIpc) is 2.70. The highest BCUT2D eigenvalue weighted by Gasteiger charge is 2.13. The van der Waals surface area contributed by atoms with Crippen LogP contribution in [0, 0.1) is 0 Å². The summed E-state index contributed by atoms with van der Waals surface area (Å²) in [4.78, 5) is 24.3. The summed E-state index contributed by atoms with van der Waals surface area (Å²) < 4.78 is 10.3. The molecule has 0 saturated heterocycles. The topological polar surface area (TPSA) is 76.7 Å². The molecule has 0 saturated carbocycles. The molecule has 0 aromatic heterocycles. The predicted molar refractivity (Wildman–Crippen MR) is 104 cm³/mol. The number of ether oxygens (including phenoxy) is 2. The van der Waals surface area contributed by atoms with Crippen LogP contribution in [0.1, 0.15) is 29.3 Å². The lowest BCUT2D eigenvalue weighted by molar-refractivity contribution is -0.120. The van der Waals surface area contributed by atoms with Crippen LogP contribution in [0.25, 0.3) is 0 Å². The highest BCUT2D eigenvalue weighted by atomic mass is 16.5. The van der Waals surface area contributed by atoms with Crippen molar-refractivity contribution in [3.8, 4) is 11.5 Å². The second-order valence-corrected chi connectivity index (χ2v) is 6.25. The summed E-state index contributed by atoms with van der Waals surface area (Å²) in [7, 11) is 3.03. The summed E-state index contributed by atoms with van der Waals surface area (Å²) in [6, 6.07) is 15.0. The first kappa shape index (κ1) is 20.3. The molecule has 2 aromatic rings. The zero-order chi connectivity index (χ0) is 19.6. The van der Waals surface area contributed by atoms with Gasteiger partial charge in [-0.25, -0.2) is 0 Å². The molecule has 1 atom stereocenters. The third-order valence-corrected chi connectivity index (χ3v) is 4.17. The predicted octanol–water partition coefficient (Wildman–Crippen LogP) is 2.57. The number of amides is 2. The fourth-order valence-corrected chi connectivity index (χ4v) is 2.67. The van der Waals surface area contributed by atoms with Crippen LogP contribution >= 0.6 is 0 Å². The first-order valence-corrected chi connectivity index (χ1v) is 8.87. The van der Waals surface area contributed by atoms with Crippen molar-refractivity contribution in [3.05, 3.63) is 59.7 Å². The number of aryl methyl sites for hydroxylation is 1.